The van der Waals surface area contributed by atoms with E-state index >= 15 is 0 Å². The van der Waals surface area contributed by atoms with Crippen molar-refractivity contribution in [3.63, 3.8) is 0 Å². The summed E-state index contributed by atoms with van der Waals surface area (Å²) in [6.45, 7) is 9.11. The SMILES string of the molecule is CN=C1NCc2cc(B3OC(C)(C)C(C)(C)O3)ccc21. The van der Waals surface area contributed by atoms with Crippen LogP contribution in [-0.2, 0) is 15.9 Å². The molecule has 2 aliphatic heterocycles. The molecule has 1 saturated heterocycles. The lowest BCUT2D eigenvalue weighted by Gasteiger charge is -2.32. The minimum Gasteiger partial charge on any atom is -0.399 e. The Labute approximate surface area is 120 Å². The number of fused-ring (bicyclic) bond motifs is 1. The van der Waals surface area contributed by atoms with Crippen molar-refractivity contribution in [2.24, 2.45) is 4.99 Å². The summed E-state index contributed by atoms with van der Waals surface area (Å²) in [5.41, 5.74) is 2.89. The van der Waals surface area contributed by atoms with Gasteiger partial charge in [0.2, 0.25) is 0 Å². The first kappa shape index (κ1) is 13.6. The van der Waals surface area contributed by atoms with E-state index in [0.717, 1.165) is 17.8 Å². The van der Waals surface area contributed by atoms with Crippen molar-refractivity contribution in [1.29, 1.82) is 0 Å². The van der Waals surface area contributed by atoms with Gasteiger partial charge in [-0.2, -0.15) is 0 Å². The largest absolute Gasteiger partial charge is 0.494 e. The lowest BCUT2D eigenvalue weighted by atomic mass is 9.78. The lowest BCUT2D eigenvalue weighted by molar-refractivity contribution is 0.00578. The van der Waals surface area contributed by atoms with Crippen molar-refractivity contribution in [3.05, 3.63) is 29.3 Å². The van der Waals surface area contributed by atoms with Gasteiger partial charge in [-0.1, -0.05) is 18.2 Å². The van der Waals surface area contributed by atoms with E-state index in [-0.39, 0.29) is 18.3 Å². The van der Waals surface area contributed by atoms with Crippen LogP contribution in [0.1, 0.15) is 38.8 Å². The van der Waals surface area contributed by atoms with Gasteiger partial charge >= 0.3 is 7.12 Å². The van der Waals surface area contributed by atoms with Crippen molar-refractivity contribution in [1.82, 2.24) is 5.32 Å². The van der Waals surface area contributed by atoms with Crippen molar-refractivity contribution in [2.45, 2.75) is 45.4 Å². The molecule has 1 fully saturated rings. The van der Waals surface area contributed by atoms with Gasteiger partial charge in [-0.3, -0.25) is 4.99 Å². The van der Waals surface area contributed by atoms with Gasteiger partial charge in [0.25, 0.3) is 0 Å². The van der Waals surface area contributed by atoms with E-state index in [9.17, 15) is 0 Å². The number of amidine groups is 1. The van der Waals surface area contributed by atoms with Gasteiger partial charge in [0, 0.05) is 19.2 Å². The molecule has 4 nitrogen and oxygen atoms in total. The molecule has 0 bridgehead atoms. The monoisotopic (exact) mass is 272 g/mol. The third kappa shape index (κ3) is 1.96. The Balaban J connectivity index is 1.91. The second-order valence-electron chi connectivity index (χ2n) is 6.43. The Hall–Kier alpha value is -1.33. The number of hydrogen-bond acceptors (Lipinski definition) is 3. The summed E-state index contributed by atoms with van der Waals surface area (Å²) in [4.78, 5) is 4.25. The van der Waals surface area contributed by atoms with E-state index < -0.39 is 0 Å². The van der Waals surface area contributed by atoms with Crippen LogP contribution in [0.3, 0.4) is 0 Å². The van der Waals surface area contributed by atoms with E-state index in [1.165, 1.54) is 11.1 Å². The van der Waals surface area contributed by atoms with Crippen molar-refractivity contribution >= 4 is 18.4 Å². The zero-order valence-electron chi connectivity index (χ0n) is 12.8. The molecule has 0 radical (unpaired) electrons. The average Bonchev–Trinajstić information content (AvgIpc) is 2.87. The van der Waals surface area contributed by atoms with E-state index in [4.69, 9.17) is 9.31 Å². The van der Waals surface area contributed by atoms with Gasteiger partial charge in [-0.25, -0.2) is 0 Å². The summed E-state index contributed by atoms with van der Waals surface area (Å²) >= 11 is 0. The summed E-state index contributed by atoms with van der Waals surface area (Å²) in [5, 5.41) is 3.29. The number of benzene rings is 1. The number of rotatable bonds is 1. The van der Waals surface area contributed by atoms with Gasteiger partial charge in [0.15, 0.2) is 0 Å². The first-order valence-corrected chi connectivity index (χ1v) is 7.03. The van der Waals surface area contributed by atoms with Crippen LogP contribution >= 0.6 is 0 Å². The molecule has 3 rings (SSSR count). The molecule has 0 atom stereocenters. The molecule has 20 heavy (non-hydrogen) atoms. The zero-order chi connectivity index (χ0) is 14.5. The minimum atomic E-state index is -0.301. The second-order valence-corrected chi connectivity index (χ2v) is 6.43. The van der Waals surface area contributed by atoms with Crippen molar-refractivity contribution in [3.8, 4) is 0 Å². The van der Waals surface area contributed by atoms with Gasteiger partial charge in [0.05, 0.1) is 11.2 Å². The Kier molecular flexibility index (Phi) is 2.96. The fourth-order valence-corrected chi connectivity index (χ4v) is 2.59. The van der Waals surface area contributed by atoms with Crippen LogP contribution in [0.4, 0.5) is 0 Å². The molecule has 1 aromatic rings. The number of hydrogen-bond donors (Lipinski definition) is 1. The Morgan fingerprint density at radius 1 is 1.15 bits per heavy atom. The number of nitrogens with zero attached hydrogens (tertiary/aromatic N) is 1. The average molecular weight is 272 g/mol. The Morgan fingerprint density at radius 2 is 1.80 bits per heavy atom. The first-order valence-electron chi connectivity index (χ1n) is 7.03. The molecule has 0 aromatic heterocycles. The summed E-state index contributed by atoms with van der Waals surface area (Å²) in [7, 11) is 1.51. The Morgan fingerprint density at radius 3 is 2.40 bits per heavy atom. The van der Waals surface area contributed by atoms with E-state index in [2.05, 4.69) is 56.2 Å². The highest BCUT2D eigenvalue weighted by molar-refractivity contribution is 6.62. The van der Waals surface area contributed by atoms with Gasteiger partial charge < -0.3 is 14.6 Å². The van der Waals surface area contributed by atoms with Gasteiger partial charge in [0.1, 0.15) is 5.84 Å². The maximum atomic E-state index is 6.09. The highest BCUT2D eigenvalue weighted by Gasteiger charge is 2.51. The fourth-order valence-electron chi connectivity index (χ4n) is 2.59. The predicted octanol–water partition coefficient (Wildman–Crippen LogP) is 1.47. The van der Waals surface area contributed by atoms with Crippen molar-refractivity contribution in [2.75, 3.05) is 7.05 Å². The topological polar surface area (TPSA) is 42.9 Å². The van der Waals surface area contributed by atoms with E-state index in [1.807, 2.05) is 0 Å². The highest BCUT2D eigenvalue weighted by Crippen LogP contribution is 2.36. The molecule has 0 unspecified atom stereocenters. The Bertz CT molecular complexity index is 565. The maximum absolute atomic E-state index is 6.09. The normalized spacial score (nSPS) is 24.9. The van der Waals surface area contributed by atoms with Crippen LogP contribution in [-0.4, -0.2) is 31.2 Å². The molecule has 5 heteroatoms. The fraction of sp³-hybridized carbons (Fsp3) is 0.533. The molecular weight excluding hydrogens is 251 g/mol. The van der Waals surface area contributed by atoms with Crippen LogP contribution in [0.15, 0.2) is 23.2 Å². The molecule has 1 aromatic carbocycles. The van der Waals surface area contributed by atoms with Crippen LogP contribution in [0, 0.1) is 0 Å². The number of nitrogens with one attached hydrogen (secondary N) is 1. The summed E-state index contributed by atoms with van der Waals surface area (Å²) < 4.78 is 12.2. The molecule has 0 amide bonds. The summed E-state index contributed by atoms with van der Waals surface area (Å²) in [6, 6.07) is 6.32. The molecule has 2 heterocycles. The lowest BCUT2D eigenvalue weighted by Crippen LogP contribution is -2.41. The van der Waals surface area contributed by atoms with Gasteiger partial charge in [-0.05, 0) is 38.7 Å². The second kappa shape index (κ2) is 4.33. The molecule has 1 N–H and O–H groups in total. The van der Waals surface area contributed by atoms with Crippen LogP contribution in [0.25, 0.3) is 0 Å². The third-order valence-electron chi connectivity index (χ3n) is 4.58. The molecule has 0 aliphatic carbocycles. The predicted molar refractivity (Wildman–Crippen MR) is 81.5 cm³/mol. The minimum absolute atomic E-state index is 0.298. The van der Waals surface area contributed by atoms with Crippen molar-refractivity contribution < 1.29 is 9.31 Å². The highest BCUT2D eigenvalue weighted by atomic mass is 16.7. The summed E-state index contributed by atoms with van der Waals surface area (Å²) in [5.74, 6) is 0.959. The standard InChI is InChI=1S/C15H21BN2O2/c1-14(2)15(3,4)20-16(19-14)11-6-7-12-10(8-11)9-18-13(12)17-5/h6-8H,9H2,1-5H3,(H,17,18). The number of aliphatic imine (C=N–C) groups is 1. The molecule has 0 spiro atoms. The van der Waals surface area contributed by atoms with Crippen LogP contribution in [0.5, 0.6) is 0 Å². The quantitative estimate of drug-likeness (QED) is 0.787. The van der Waals surface area contributed by atoms with E-state index in [1.54, 1.807) is 7.05 Å². The van der Waals surface area contributed by atoms with Crippen LogP contribution < -0.4 is 10.8 Å². The molecule has 0 saturated carbocycles. The van der Waals surface area contributed by atoms with E-state index in [0.29, 0.717) is 0 Å². The summed E-state index contributed by atoms with van der Waals surface area (Å²) in [6.07, 6.45) is 0. The molecular formula is C15H21BN2O2. The molecule has 2 aliphatic rings. The van der Waals surface area contributed by atoms with Gasteiger partial charge in [-0.15, -0.1) is 0 Å². The smallest absolute Gasteiger partial charge is 0.399 e. The first-order chi connectivity index (χ1) is 9.34. The third-order valence-corrected chi connectivity index (χ3v) is 4.58. The van der Waals surface area contributed by atoms with Crippen LogP contribution in [0.2, 0.25) is 0 Å². The maximum Gasteiger partial charge on any atom is 0.494 e. The molecule has 106 valence electrons. The zero-order valence-corrected chi connectivity index (χ0v) is 12.8.